The van der Waals surface area contributed by atoms with Gasteiger partial charge in [-0.15, -0.1) is 11.3 Å². The maximum Gasteiger partial charge on any atom is 0.304 e. The Labute approximate surface area is 154 Å². The van der Waals surface area contributed by atoms with Crippen molar-refractivity contribution in [3.05, 3.63) is 75.2 Å². The van der Waals surface area contributed by atoms with Gasteiger partial charge in [-0.05, 0) is 49.2 Å². The highest BCUT2D eigenvalue weighted by Crippen LogP contribution is 2.34. The Morgan fingerprint density at radius 2 is 1.96 bits per heavy atom. The second-order valence-corrected chi connectivity index (χ2v) is 7.48. The maximum atomic E-state index is 14.3. The van der Waals surface area contributed by atoms with Crippen molar-refractivity contribution in [2.75, 3.05) is 0 Å². The van der Waals surface area contributed by atoms with Crippen molar-refractivity contribution in [1.29, 1.82) is 0 Å². The molecule has 0 bridgehead atoms. The number of rotatable bonds is 5. The average Bonchev–Trinajstić information content (AvgIpc) is 3.00. The third kappa shape index (κ3) is 3.96. The number of aromatic nitrogens is 1. The number of aryl methyl sites for hydroxylation is 2. The van der Waals surface area contributed by atoms with Gasteiger partial charge in [0.05, 0.1) is 6.42 Å². The molecule has 134 valence electrons. The number of thiazole rings is 1. The fourth-order valence-corrected chi connectivity index (χ4v) is 3.79. The lowest BCUT2D eigenvalue weighted by molar-refractivity contribution is -0.137. The van der Waals surface area contributed by atoms with Gasteiger partial charge in [0.1, 0.15) is 16.6 Å². The molecule has 0 amide bonds. The van der Waals surface area contributed by atoms with Gasteiger partial charge < -0.3 is 5.11 Å². The van der Waals surface area contributed by atoms with E-state index in [-0.39, 0.29) is 12.0 Å². The third-order valence-corrected chi connectivity index (χ3v) is 5.10. The van der Waals surface area contributed by atoms with Crippen molar-refractivity contribution in [3.63, 3.8) is 0 Å². The minimum absolute atomic E-state index is 0.216. The van der Waals surface area contributed by atoms with Crippen LogP contribution in [0.2, 0.25) is 0 Å². The van der Waals surface area contributed by atoms with Crippen LogP contribution < -0.4 is 0 Å². The second-order valence-electron chi connectivity index (χ2n) is 6.22. The molecule has 1 heterocycles. The van der Waals surface area contributed by atoms with Crippen LogP contribution in [-0.2, 0) is 4.79 Å². The molecule has 1 N–H and O–H groups in total. The van der Waals surface area contributed by atoms with Gasteiger partial charge >= 0.3 is 5.97 Å². The van der Waals surface area contributed by atoms with Crippen LogP contribution in [0.5, 0.6) is 0 Å². The Hall–Kier alpha value is -2.60. The van der Waals surface area contributed by atoms with E-state index in [1.165, 1.54) is 29.5 Å². The number of carboxylic acids is 1. The van der Waals surface area contributed by atoms with Gasteiger partial charge in [0, 0.05) is 22.6 Å². The minimum atomic E-state index is -1.00. The molecule has 2 aromatic carbocycles. The summed E-state index contributed by atoms with van der Waals surface area (Å²) < 4.78 is 28.5. The zero-order chi connectivity index (χ0) is 18.8. The lowest BCUT2D eigenvalue weighted by Crippen LogP contribution is -2.08. The summed E-state index contributed by atoms with van der Waals surface area (Å²) in [5, 5.41) is 9.88. The van der Waals surface area contributed by atoms with Gasteiger partial charge in [-0.1, -0.05) is 17.7 Å². The number of hydrogen-bond donors (Lipinski definition) is 1. The molecule has 0 saturated heterocycles. The molecule has 0 aliphatic heterocycles. The topological polar surface area (TPSA) is 50.2 Å². The Morgan fingerprint density at radius 3 is 2.62 bits per heavy atom. The van der Waals surface area contributed by atoms with Crippen molar-refractivity contribution in [2.24, 2.45) is 0 Å². The lowest BCUT2D eigenvalue weighted by atomic mass is 9.92. The Balaban J connectivity index is 2.12. The first kappa shape index (κ1) is 18.2. The molecule has 3 nitrogen and oxygen atoms in total. The zero-order valence-corrected chi connectivity index (χ0v) is 15.1. The van der Waals surface area contributed by atoms with Gasteiger partial charge in [-0.3, -0.25) is 4.79 Å². The van der Waals surface area contributed by atoms with Crippen LogP contribution in [-0.4, -0.2) is 16.1 Å². The highest BCUT2D eigenvalue weighted by Gasteiger charge is 2.22. The molecule has 0 aliphatic carbocycles. The summed E-state index contributed by atoms with van der Waals surface area (Å²) >= 11 is 1.37. The van der Waals surface area contributed by atoms with Crippen molar-refractivity contribution in [3.8, 4) is 11.1 Å². The standard InChI is InChI=1S/C20H17F2NO2S/c1-11-3-4-18(22)16(5-11)13-6-14(8-15(21)7-13)17(9-19(24)25)20-23-10-12(2)26-20/h3-8,10,17H,9H2,1-2H3,(H,24,25). The molecule has 1 atom stereocenters. The van der Waals surface area contributed by atoms with Crippen LogP contribution in [0.25, 0.3) is 11.1 Å². The molecule has 1 aromatic heterocycles. The average molecular weight is 373 g/mol. The summed E-state index contributed by atoms with van der Waals surface area (Å²) in [5.41, 5.74) is 1.99. The minimum Gasteiger partial charge on any atom is -0.481 e. The molecule has 0 fully saturated rings. The summed E-state index contributed by atoms with van der Waals surface area (Å²) in [6, 6.07) is 8.82. The predicted octanol–water partition coefficient (Wildman–Crippen LogP) is 5.31. The molecule has 6 heteroatoms. The van der Waals surface area contributed by atoms with E-state index in [0.29, 0.717) is 16.1 Å². The fourth-order valence-electron chi connectivity index (χ4n) is 2.88. The summed E-state index contributed by atoms with van der Waals surface area (Å²) in [6.07, 6.45) is 1.45. The van der Waals surface area contributed by atoms with Crippen LogP contribution in [0.3, 0.4) is 0 Å². The van der Waals surface area contributed by atoms with Crippen LogP contribution >= 0.6 is 11.3 Å². The van der Waals surface area contributed by atoms with E-state index in [0.717, 1.165) is 10.4 Å². The van der Waals surface area contributed by atoms with Gasteiger partial charge in [-0.2, -0.15) is 0 Å². The van der Waals surface area contributed by atoms with Crippen LogP contribution in [0.1, 0.15) is 33.4 Å². The number of aliphatic carboxylic acids is 1. The zero-order valence-electron chi connectivity index (χ0n) is 14.3. The normalized spacial score (nSPS) is 12.2. The monoisotopic (exact) mass is 373 g/mol. The smallest absolute Gasteiger partial charge is 0.304 e. The SMILES string of the molecule is Cc1ccc(F)c(-c2cc(F)cc(C(CC(=O)O)c3ncc(C)s3)c2)c1. The number of hydrogen-bond acceptors (Lipinski definition) is 3. The first-order valence-electron chi connectivity index (χ1n) is 8.04. The maximum absolute atomic E-state index is 14.3. The van der Waals surface area contributed by atoms with E-state index in [9.17, 15) is 18.7 Å². The number of halogens is 2. The Kier molecular flexibility index (Phi) is 5.13. The van der Waals surface area contributed by atoms with E-state index in [1.807, 2.05) is 13.8 Å². The van der Waals surface area contributed by atoms with Crippen molar-refractivity contribution >= 4 is 17.3 Å². The predicted molar refractivity (Wildman–Crippen MR) is 97.5 cm³/mol. The first-order valence-corrected chi connectivity index (χ1v) is 8.86. The molecule has 0 radical (unpaired) electrons. The molecular formula is C20H17F2NO2S. The first-order chi connectivity index (χ1) is 12.3. The van der Waals surface area contributed by atoms with E-state index >= 15 is 0 Å². The van der Waals surface area contributed by atoms with Gasteiger partial charge in [-0.25, -0.2) is 13.8 Å². The summed E-state index contributed by atoms with van der Waals surface area (Å²) in [5.74, 6) is -2.59. The van der Waals surface area contributed by atoms with Crippen LogP contribution in [0, 0.1) is 25.5 Å². The van der Waals surface area contributed by atoms with E-state index in [2.05, 4.69) is 4.98 Å². The summed E-state index contributed by atoms with van der Waals surface area (Å²) in [6.45, 7) is 3.70. The summed E-state index contributed by atoms with van der Waals surface area (Å²) in [7, 11) is 0. The molecule has 3 aromatic rings. The molecule has 1 unspecified atom stereocenters. The second kappa shape index (κ2) is 7.33. The molecule has 0 saturated carbocycles. The summed E-state index contributed by atoms with van der Waals surface area (Å²) in [4.78, 5) is 16.5. The van der Waals surface area contributed by atoms with Crippen LogP contribution in [0.15, 0.2) is 42.6 Å². The molecular weight excluding hydrogens is 356 g/mol. The quantitative estimate of drug-likeness (QED) is 0.659. The Bertz CT molecular complexity index is 968. The van der Waals surface area contributed by atoms with Crippen molar-refractivity contribution in [2.45, 2.75) is 26.2 Å². The van der Waals surface area contributed by atoms with Crippen molar-refractivity contribution < 1.29 is 18.7 Å². The van der Waals surface area contributed by atoms with Crippen LogP contribution in [0.4, 0.5) is 8.78 Å². The van der Waals surface area contributed by atoms with E-state index in [4.69, 9.17) is 0 Å². The Morgan fingerprint density at radius 1 is 1.19 bits per heavy atom. The molecule has 26 heavy (non-hydrogen) atoms. The third-order valence-electron chi connectivity index (χ3n) is 4.07. The van der Waals surface area contributed by atoms with Gasteiger partial charge in [0.25, 0.3) is 0 Å². The molecule has 0 aliphatic rings. The van der Waals surface area contributed by atoms with E-state index in [1.54, 1.807) is 24.4 Å². The number of carbonyl (C=O) groups is 1. The van der Waals surface area contributed by atoms with Gasteiger partial charge in [0.15, 0.2) is 0 Å². The molecule has 0 spiro atoms. The highest BCUT2D eigenvalue weighted by atomic mass is 32.1. The fraction of sp³-hybridized carbons (Fsp3) is 0.200. The largest absolute Gasteiger partial charge is 0.481 e. The number of benzene rings is 2. The lowest BCUT2D eigenvalue weighted by Gasteiger charge is -2.15. The van der Waals surface area contributed by atoms with E-state index < -0.39 is 23.5 Å². The van der Waals surface area contributed by atoms with Gasteiger partial charge in [0.2, 0.25) is 0 Å². The number of nitrogens with zero attached hydrogens (tertiary/aromatic N) is 1. The number of carboxylic acid groups (broad SMARTS) is 1. The molecule has 3 rings (SSSR count). The highest BCUT2D eigenvalue weighted by molar-refractivity contribution is 7.11. The van der Waals surface area contributed by atoms with Crippen molar-refractivity contribution in [1.82, 2.24) is 4.98 Å².